The van der Waals surface area contributed by atoms with Gasteiger partial charge < -0.3 is 10.6 Å². The molecule has 0 aromatic heterocycles. The Morgan fingerprint density at radius 1 is 1.33 bits per heavy atom. The van der Waals surface area contributed by atoms with Gasteiger partial charge in [-0.1, -0.05) is 13.8 Å². The Hall–Kier alpha value is -0.610. The van der Waals surface area contributed by atoms with Gasteiger partial charge in [-0.15, -0.1) is 0 Å². The fourth-order valence-electron chi connectivity index (χ4n) is 1.57. The number of carbonyl (C=O) groups is 1. The van der Waals surface area contributed by atoms with Gasteiger partial charge in [-0.05, 0) is 19.4 Å². The van der Waals surface area contributed by atoms with Gasteiger partial charge in [0.2, 0.25) is 5.91 Å². The second-order valence-electron chi connectivity index (χ2n) is 4.06. The van der Waals surface area contributed by atoms with E-state index in [-0.39, 0.29) is 5.91 Å². The van der Waals surface area contributed by atoms with Crippen molar-refractivity contribution in [3.05, 3.63) is 0 Å². The molecule has 90 valence electrons. The molecule has 1 unspecified atom stereocenters. The Balaban J connectivity index is 4.31. The maximum Gasteiger partial charge on any atom is 0.236 e. The number of nitrogens with zero attached hydrogens (tertiary/aromatic N) is 2. The summed E-state index contributed by atoms with van der Waals surface area (Å²) in [5, 5.41) is 0. The minimum Gasteiger partial charge on any atom is -0.348 e. The predicted molar refractivity (Wildman–Crippen MR) is 63.7 cm³/mol. The van der Waals surface area contributed by atoms with Crippen LogP contribution in [0.3, 0.4) is 0 Å². The lowest BCUT2D eigenvalue weighted by molar-refractivity contribution is -0.130. The highest BCUT2D eigenvalue weighted by Gasteiger charge is 2.18. The molecule has 4 nitrogen and oxygen atoms in total. The summed E-state index contributed by atoms with van der Waals surface area (Å²) in [5.74, 6) is 0.148. The highest BCUT2D eigenvalue weighted by atomic mass is 16.2. The summed E-state index contributed by atoms with van der Waals surface area (Å²) in [6.07, 6.45) is 2.05. The molecule has 0 aliphatic rings. The van der Waals surface area contributed by atoms with Crippen molar-refractivity contribution >= 4 is 5.91 Å². The zero-order valence-electron chi connectivity index (χ0n) is 10.5. The number of likely N-dealkylation sites (N-methyl/N-ethyl adjacent to an activating group) is 1. The van der Waals surface area contributed by atoms with E-state index in [0.717, 1.165) is 19.4 Å². The molecule has 0 fully saturated rings. The Kier molecular flexibility index (Phi) is 7.34. The van der Waals surface area contributed by atoms with Crippen molar-refractivity contribution in [2.45, 2.75) is 32.7 Å². The first-order valence-electron chi connectivity index (χ1n) is 5.71. The Bertz CT molecular complexity index is 179. The number of hydrogen-bond donors (Lipinski definition) is 1. The lowest BCUT2D eigenvalue weighted by Crippen LogP contribution is -2.46. The highest BCUT2D eigenvalue weighted by Crippen LogP contribution is 2.04. The third-order valence-corrected chi connectivity index (χ3v) is 2.61. The van der Waals surface area contributed by atoms with Crippen molar-refractivity contribution < 1.29 is 4.79 Å². The summed E-state index contributed by atoms with van der Waals surface area (Å²) in [7, 11) is 3.58. The summed E-state index contributed by atoms with van der Waals surface area (Å²) in [4.78, 5) is 15.4. The van der Waals surface area contributed by atoms with E-state index in [9.17, 15) is 4.79 Å². The molecule has 1 atom stereocenters. The Morgan fingerprint density at radius 2 is 1.93 bits per heavy atom. The number of amides is 1. The summed E-state index contributed by atoms with van der Waals surface area (Å²) >= 11 is 0. The largest absolute Gasteiger partial charge is 0.348 e. The summed E-state index contributed by atoms with van der Waals surface area (Å²) in [6.45, 7) is 6.28. The van der Waals surface area contributed by atoms with Crippen LogP contribution in [0.5, 0.6) is 0 Å². The number of nitrogens with two attached hydrogens (primary N) is 1. The van der Waals surface area contributed by atoms with Crippen molar-refractivity contribution in [1.29, 1.82) is 0 Å². The van der Waals surface area contributed by atoms with E-state index in [1.54, 1.807) is 19.0 Å². The molecule has 0 saturated heterocycles. The molecule has 0 saturated carbocycles. The molecule has 4 heteroatoms. The summed E-state index contributed by atoms with van der Waals surface area (Å²) < 4.78 is 0. The molecule has 1 amide bonds. The zero-order chi connectivity index (χ0) is 11.8. The molecular weight excluding hydrogens is 190 g/mol. The average molecular weight is 215 g/mol. The van der Waals surface area contributed by atoms with Crippen LogP contribution in [0.2, 0.25) is 0 Å². The number of hydrogen-bond acceptors (Lipinski definition) is 3. The van der Waals surface area contributed by atoms with Gasteiger partial charge in [0.15, 0.2) is 0 Å². The maximum absolute atomic E-state index is 11.6. The van der Waals surface area contributed by atoms with E-state index in [2.05, 4.69) is 18.7 Å². The minimum absolute atomic E-state index is 0.148. The second-order valence-corrected chi connectivity index (χ2v) is 4.06. The van der Waals surface area contributed by atoms with E-state index in [1.165, 1.54) is 0 Å². The van der Waals surface area contributed by atoms with Crippen molar-refractivity contribution in [3.8, 4) is 0 Å². The van der Waals surface area contributed by atoms with Crippen LogP contribution in [0, 0.1) is 0 Å². The molecule has 0 aromatic rings. The lowest BCUT2D eigenvalue weighted by Gasteiger charge is -2.30. The van der Waals surface area contributed by atoms with Crippen LogP contribution in [-0.2, 0) is 4.79 Å². The van der Waals surface area contributed by atoms with E-state index in [4.69, 9.17) is 5.73 Å². The fraction of sp³-hybridized carbons (Fsp3) is 0.909. The second kappa shape index (κ2) is 7.65. The average Bonchev–Trinajstić information content (AvgIpc) is 2.19. The third-order valence-electron chi connectivity index (χ3n) is 2.61. The van der Waals surface area contributed by atoms with Gasteiger partial charge in [-0.2, -0.15) is 0 Å². The SMILES string of the molecule is CCCN(CC(=O)N(C)C)C(CC)CN. The Labute approximate surface area is 93.4 Å². The molecule has 0 aliphatic heterocycles. The fourth-order valence-corrected chi connectivity index (χ4v) is 1.57. The summed E-state index contributed by atoms with van der Waals surface area (Å²) in [6, 6.07) is 0.328. The van der Waals surface area contributed by atoms with Gasteiger partial charge in [0, 0.05) is 26.7 Å². The number of carbonyl (C=O) groups excluding carboxylic acids is 1. The minimum atomic E-state index is 0.148. The quantitative estimate of drug-likeness (QED) is 0.674. The van der Waals surface area contributed by atoms with Crippen LogP contribution in [-0.4, -0.2) is 55.5 Å². The van der Waals surface area contributed by atoms with Gasteiger partial charge in [0.05, 0.1) is 6.54 Å². The highest BCUT2D eigenvalue weighted by molar-refractivity contribution is 5.77. The van der Waals surface area contributed by atoms with E-state index in [1.807, 2.05) is 0 Å². The van der Waals surface area contributed by atoms with Crippen LogP contribution in [0.4, 0.5) is 0 Å². The van der Waals surface area contributed by atoms with E-state index < -0.39 is 0 Å². The number of rotatable bonds is 7. The van der Waals surface area contributed by atoms with E-state index in [0.29, 0.717) is 19.1 Å². The van der Waals surface area contributed by atoms with E-state index >= 15 is 0 Å². The molecule has 0 heterocycles. The monoisotopic (exact) mass is 215 g/mol. The van der Waals surface area contributed by atoms with Crippen molar-refractivity contribution in [3.63, 3.8) is 0 Å². The molecule has 15 heavy (non-hydrogen) atoms. The zero-order valence-corrected chi connectivity index (χ0v) is 10.5. The van der Waals surface area contributed by atoms with Crippen molar-refractivity contribution in [2.75, 3.05) is 33.7 Å². The first kappa shape index (κ1) is 14.4. The van der Waals surface area contributed by atoms with Gasteiger partial charge in [0.1, 0.15) is 0 Å². The predicted octanol–water partition coefficient (Wildman–Crippen LogP) is 0.524. The van der Waals surface area contributed by atoms with Gasteiger partial charge in [0.25, 0.3) is 0 Å². The maximum atomic E-state index is 11.6. The van der Waals surface area contributed by atoms with Gasteiger partial charge >= 0.3 is 0 Å². The standard InChI is InChI=1S/C11H25N3O/c1-5-7-14(10(6-2)8-12)9-11(15)13(3)4/h10H,5-9,12H2,1-4H3. The molecule has 0 rings (SSSR count). The molecular formula is C11H25N3O. The molecule has 0 spiro atoms. The molecule has 0 aromatic carbocycles. The van der Waals surface area contributed by atoms with Crippen molar-refractivity contribution in [1.82, 2.24) is 9.80 Å². The Morgan fingerprint density at radius 3 is 2.27 bits per heavy atom. The normalized spacial score (nSPS) is 12.9. The molecule has 0 bridgehead atoms. The van der Waals surface area contributed by atoms with Crippen molar-refractivity contribution in [2.24, 2.45) is 5.73 Å². The van der Waals surface area contributed by atoms with Gasteiger partial charge in [-0.3, -0.25) is 9.69 Å². The van der Waals surface area contributed by atoms with Crippen LogP contribution in [0.1, 0.15) is 26.7 Å². The van der Waals surface area contributed by atoms with Crippen LogP contribution in [0.15, 0.2) is 0 Å². The molecule has 0 aliphatic carbocycles. The van der Waals surface area contributed by atoms with Crippen LogP contribution >= 0.6 is 0 Å². The molecule has 2 N–H and O–H groups in total. The topological polar surface area (TPSA) is 49.6 Å². The first-order valence-corrected chi connectivity index (χ1v) is 5.71. The van der Waals surface area contributed by atoms with Crippen LogP contribution in [0.25, 0.3) is 0 Å². The summed E-state index contributed by atoms with van der Waals surface area (Å²) in [5.41, 5.74) is 5.70. The smallest absolute Gasteiger partial charge is 0.236 e. The lowest BCUT2D eigenvalue weighted by atomic mass is 10.2. The third kappa shape index (κ3) is 5.14. The molecule has 0 radical (unpaired) electrons. The van der Waals surface area contributed by atoms with Crippen LogP contribution < -0.4 is 5.73 Å². The van der Waals surface area contributed by atoms with Gasteiger partial charge in [-0.25, -0.2) is 0 Å². The first-order chi connectivity index (χ1) is 7.06.